The third kappa shape index (κ3) is 0.849. The van der Waals surface area contributed by atoms with E-state index in [0.29, 0.717) is 0 Å². The van der Waals surface area contributed by atoms with Crippen LogP contribution in [0.1, 0.15) is 0 Å². The molecule has 1 heterocycles. The number of rotatable bonds is 0. The summed E-state index contributed by atoms with van der Waals surface area (Å²) in [5, 5.41) is 2.88. The molecule has 0 bridgehead atoms. The van der Waals surface area contributed by atoms with E-state index >= 15 is 0 Å². The van der Waals surface area contributed by atoms with Gasteiger partial charge in [-0.1, -0.05) is 0 Å². The number of halogens is 1. The zero-order valence-corrected chi connectivity index (χ0v) is 5.93. The second-order valence-electron chi connectivity index (χ2n) is 2.15. The van der Waals surface area contributed by atoms with Gasteiger partial charge in [0.05, 0.1) is 0 Å². The van der Waals surface area contributed by atoms with Crippen molar-refractivity contribution < 1.29 is 4.33 Å². The normalized spacial score (nSPS) is 10.1. The monoisotopic (exact) mass is 150 g/mol. The summed E-state index contributed by atoms with van der Waals surface area (Å²) in [5.41, 5.74) is 0. The van der Waals surface area contributed by atoms with Crippen LogP contribution in [0.5, 0.6) is 0 Å². The minimum atomic E-state index is 0.744. The van der Waals surface area contributed by atoms with Crippen molar-refractivity contribution in [1.82, 2.24) is 0 Å². The molecule has 0 aliphatic carbocycles. The van der Waals surface area contributed by atoms with Crippen LogP contribution in [0, 0.1) is 0 Å². The van der Waals surface area contributed by atoms with Gasteiger partial charge in [-0.3, -0.25) is 0 Å². The van der Waals surface area contributed by atoms with Crippen molar-refractivity contribution in [2.75, 3.05) is 0 Å². The standard InChI is InChI=1S/C7H4BClO/c9-6-1-2-7-5(3-6)4-10-8-7/h1-4H. The zero-order valence-electron chi connectivity index (χ0n) is 5.17. The Hall–Kier alpha value is -0.755. The second-order valence-corrected chi connectivity index (χ2v) is 2.58. The first-order valence-corrected chi connectivity index (χ1v) is 3.35. The first kappa shape index (κ1) is 5.99. The molecule has 0 spiro atoms. The molecule has 2 aromatic rings. The molecule has 0 radical (unpaired) electrons. The van der Waals surface area contributed by atoms with Crippen LogP contribution >= 0.6 is 11.6 Å². The maximum atomic E-state index is 5.73. The summed E-state index contributed by atoms with van der Waals surface area (Å²) in [6.07, 6.45) is 1.68. The summed E-state index contributed by atoms with van der Waals surface area (Å²) < 4.78 is 4.96. The molecule has 0 aliphatic heterocycles. The van der Waals surface area contributed by atoms with Crippen LogP contribution < -0.4 is 0 Å². The van der Waals surface area contributed by atoms with E-state index < -0.39 is 0 Å². The van der Waals surface area contributed by atoms with Crippen LogP contribution in [-0.2, 0) is 0 Å². The molecular formula is C7H4BClO. The Balaban J connectivity index is 2.86. The molecule has 2 rings (SSSR count). The van der Waals surface area contributed by atoms with E-state index in [1.807, 2.05) is 18.2 Å². The molecule has 48 valence electrons. The Morgan fingerprint density at radius 1 is 1.40 bits per heavy atom. The van der Waals surface area contributed by atoms with Crippen molar-refractivity contribution in [3.63, 3.8) is 0 Å². The van der Waals surface area contributed by atoms with Crippen molar-refractivity contribution in [1.29, 1.82) is 0 Å². The molecule has 0 N–H and O–H groups in total. The molecule has 0 amide bonds. The maximum absolute atomic E-state index is 5.73. The molecule has 0 unspecified atom stereocenters. The molecule has 1 nitrogen and oxygen atoms in total. The van der Waals surface area contributed by atoms with Gasteiger partial charge in [-0.15, -0.1) is 0 Å². The molecule has 1 aromatic carbocycles. The zero-order chi connectivity index (χ0) is 6.97. The number of fused-ring (bicyclic) bond motifs is 1. The minimum absolute atomic E-state index is 0.744. The van der Waals surface area contributed by atoms with Crippen molar-refractivity contribution in [3.8, 4) is 0 Å². The van der Waals surface area contributed by atoms with Crippen molar-refractivity contribution in [2.24, 2.45) is 0 Å². The predicted octanol–water partition coefficient (Wildman–Crippen LogP) is 2.42. The molecule has 0 fully saturated rings. The van der Waals surface area contributed by atoms with Gasteiger partial charge in [0, 0.05) is 0 Å². The first-order chi connectivity index (χ1) is 4.86. The van der Waals surface area contributed by atoms with Crippen LogP contribution in [0.15, 0.2) is 28.8 Å². The average molecular weight is 150 g/mol. The van der Waals surface area contributed by atoms with E-state index in [-0.39, 0.29) is 0 Å². The van der Waals surface area contributed by atoms with E-state index in [0.717, 1.165) is 15.7 Å². The number of hydrogen-bond acceptors (Lipinski definition) is 1. The van der Waals surface area contributed by atoms with E-state index in [4.69, 9.17) is 15.9 Å². The van der Waals surface area contributed by atoms with Gasteiger partial charge >= 0.3 is 63.2 Å². The summed E-state index contributed by atoms with van der Waals surface area (Å²) in [5.74, 6) is 0. The predicted molar refractivity (Wildman–Crippen MR) is 42.6 cm³/mol. The van der Waals surface area contributed by atoms with Gasteiger partial charge < -0.3 is 0 Å². The van der Waals surface area contributed by atoms with E-state index in [1.165, 1.54) is 0 Å². The Labute approximate surface area is 63.8 Å². The van der Waals surface area contributed by atoms with E-state index in [1.54, 1.807) is 13.4 Å². The van der Waals surface area contributed by atoms with E-state index in [2.05, 4.69) is 0 Å². The van der Waals surface area contributed by atoms with Crippen LogP contribution in [0.4, 0.5) is 0 Å². The number of hydrogen-bond donors (Lipinski definition) is 0. The van der Waals surface area contributed by atoms with Gasteiger partial charge in [-0.2, -0.15) is 0 Å². The van der Waals surface area contributed by atoms with E-state index in [9.17, 15) is 0 Å². The summed E-state index contributed by atoms with van der Waals surface area (Å²) in [6, 6.07) is 5.65. The van der Waals surface area contributed by atoms with Crippen molar-refractivity contribution in [3.05, 3.63) is 29.5 Å². The third-order valence-electron chi connectivity index (χ3n) is 1.44. The van der Waals surface area contributed by atoms with Gasteiger partial charge in [0.1, 0.15) is 0 Å². The molecule has 0 atom stereocenters. The van der Waals surface area contributed by atoms with Crippen LogP contribution in [0.3, 0.4) is 0 Å². The van der Waals surface area contributed by atoms with Gasteiger partial charge in [0.2, 0.25) is 0 Å². The summed E-state index contributed by atoms with van der Waals surface area (Å²) in [6.45, 7) is 0. The molecule has 0 saturated carbocycles. The van der Waals surface area contributed by atoms with Crippen molar-refractivity contribution >= 4 is 29.4 Å². The SMILES string of the molecule is Clc1ccc2bocc2c1. The fourth-order valence-corrected chi connectivity index (χ4v) is 1.12. The summed E-state index contributed by atoms with van der Waals surface area (Å²) in [4.78, 5) is 0. The topological polar surface area (TPSA) is 13.1 Å². The van der Waals surface area contributed by atoms with Crippen molar-refractivity contribution in [2.45, 2.75) is 0 Å². The summed E-state index contributed by atoms with van der Waals surface area (Å²) >= 11 is 5.73. The summed E-state index contributed by atoms with van der Waals surface area (Å²) in [7, 11) is 1.70. The quantitative estimate of drug-likeness (QED) is 0.562. The Bertz CT molecular complexity index is 355. The molecule has 10 heavy (non-hydrogen) atoms. The Morgan fingerprint density at radius 3 is 3.20 bits per heavy atom. The molecule has 3 heteroatoms. The van der Waals surface area contributed by atoms with Gasteiger partial charge in [-0.25, -0.2) is 0 Å². The average Bonchev–Trinajstić information content (AvgIpc) is 2.33. The second kappa shape index (κ2) is 2.13. The van der Waals surface area contributed by atoms with Gasteiger partial charge in [0.15, 0.2) is 0 Å². The molecule has 1 aromatic heterocycles. The molecule has 0 aliphatic rings. The fraction of sp³-hybridized carbons (Fsp3) is 0. The number of benzene rings is 1. The third-order valence-corrected chi connectivity index (χ3v) is 1.67. The van der Waals surface area contributed by atoms with Gasteiger partial charge in [-0.05, 0) is 0 Å². The molecular weight excluding hydrogens is 146 g/mol. The Morgan fingerprint density at radius 2 is 2.30 bits per heavy atom. The first-order valence-electron chi connectivity index (χ1n) is 2.98. The van der Waals surface area contributed by atoms with Crippen LogP contribution in [-0.4, -0.2) is 7.13 Å². The van der Waals surface area contributed by atoms with Crippen LogP contribution in [0.25, 0.3) is 10.7 Å². The Kier molecular flexibility index (Phi) is 1.28. The molecule has 0 saturated heterocycles. The fourth-order valence-electron chi connectivity index (χ4n) is 0.936. The van der Waals surface area contributed by atoms with Crippen LogP contribution in [0.2, 0.25) is 5.02 Å². The van der Waals surface area contributed by atoms with Gasteiger partial charge in [0.25, 0.3) is 0 Å².